The van der Waals surface area contributed by atoms with Crippen LogP contribution in [0, 0.1) is 6.92 Å². The molecule has 1 aliphatic rings. The zero-order chi connectivity index (χ0) is 14.5. The molecule has 3 nitrogen and oxygen atoms in total. The lowest BCUT2D eigenvalue weighted by Crippen LogP contribution is -2.41. The first-order valence-electron chi connectivity index (χ1n) is 7.70. The SMILES string of the molecule is COc1ccc(C(O)C(C)NC2CCCCC2)cc1C. The summed E-state index contributed by atoms with van der Waals surface area (Å²) >= 11 is 0. The minimum absolute atomic E-state index is 0.0749. The van der Waals surface area contributed by atoms with Gasteiger partial charge in [0.2, 0.25) is 0 Å². The van der Waals surface area contributed by atoms with Gasteiger partial charge < -0.3 is 15.2 Å². The molecule has 2 unspecified atom stereocenters. The standard InChI is InChI=1S/C17H27NO2/c1-12-11-14(9-10-16(12)20-3)17(19)13(2)18-15-7-5-4-6-8-15/h9-11,13,15,17-19H,4-8H2,1-3H3. The van der Waals surface area contributed by atoms with E-state index in [1.165, 1.54) is 32.1 Å². The number of aliphatic hydroxyl groups excluding tert-OH is 1. The molecule has 0 spiro atoms. The summed E-state index contributed by atoms with van der Waals surface area (Å²) in [7, 11) is 1.67. The minimum Gasteiger partial charge on any atom is -0.496 e. The van der Waals surface area contributed by atoms with E-state index in [1.54, 1.807) is 7.11 Å². The van der Waals surface area contributed by atoms with Crippen molar-refractivity contribution in [1.29, 1.82) is 0 Å². The van der Waals surface area contributed by atoms with Crippen LogP contribution < -0.4 is 10.1 Å². The van der Waals surface area contributed by atoms with Gasteiger partial charge in [-0.2, -0.15) is 0 Å². The van der Waals surface area contributed by atoms with Crippen LogP contribution in [-0.4, -0.2) is 24.3 Å². The molecule has 1 saturated carbocycles. The smallest absolute Gasteiger partial charge is 0.121 e. The van der Waals surface area contributed by atoms with Crippen molar-refractivity contribution in [2.45, 2.75) is 64.1 Å². The predicted octanol–water partition coefficient (Wildman–Crippen LogP) is 3.35. The highest BCUT2D eigenvalue weighted by molar-refractivity contribution is 5.37. The maximum atomic E-state index is 10.5. The number of benzene rings is 1. The summed E-state index contributed by atoms with van der Waals surface area (Å²) in [6.45, 7) is 4.08. The number of nitrogens with one attached hydrogen (secondary N) is 1. The van der Waals surface area contributed by atoms with Crippen molar-refractivity contribution >= 4 is 0 Å². The molecule has 0 radical (unpaired) electrons. The van der Waals surface area contributed by atoms with Crippen LogP contribution in [0.15, 0.2) is 18.2 Å². The molecule has 0 heterocycles. The number of methoxy groups -OCH3 is 1. The third kappa shape index (κ3) is 3.74. The van der Waals surface area contributed by atoms with Gasteiger partial charge in [0, 0.05) is 12.1 Å². The molecule has 1 aromatic rings. The summed E-state index contributed by atoms with van der Waals surface area (Å²) in [6.07, 6.45) is 5.97. The summed E-state index contributed by atoms with van der Waals surface area (Å²) in [4.78, 5) is 0. The van der Waals surface area contributed by atoms with Crippen LogP contribution in [0.1, 0.15) is 56.3 Å². The molecule has 2 N–H and O–H groups in total. The van der Waals surface area contributed by atoms with E-state index in [4.69, 9.17) is 4.74 Å². The van der Waals surface area contributed by atoms with Gasteiger partial charge in [0.1, 0.15) is 5.75 Å². The van der Waals surface area contributed by atoms with Crippen LogP contribution in [0.3, 0.4) is 0 Å². The largest absolute Gasteiger partial charge is 0.496 e. The van der Waals surface area contributed by atoms with E-state index in [1.807, 2.05) is 25.1 Å². The first kappa shape index (κ1) is 15.3. The Morgan fingerprint density at radius 3 is 2.55 bits per heavy atom. The average Bonchev–Trinajstić information content (AvgIpc) is 2.47. The minimum atomic E-state index is -0.471. The molecule has 3 heteroatoms. The van der Waals surface area contributed by atoms with Gasteiger partial charge in [-0.25, -0.2) is 0 Å². The zero-order valence-corrected chi connectivity index (χ0v) is 12.9. The third-order valence-electron chi connectivity index (χ3n) is 4.34. The van der Waals surface area contributed by atoms with Crippen molar-refractivity contribution in [3.8, 4) is 5.75 Å². The Morgan fingerprint density at radius 2 is 1.95 bits per heavy atom. The van der Waals surface area contributed by atoms with E-state index < -0.39 is 6.10 Å². The van der Waals surface area contributed by atoms with Crippen molar-refractivity contribution in [3.05, 3.63) is 29.3 Å². The van der Waals surface area contributed by atoms with Gasteiger partial charge in [0.25, 0.3) is 0 Å². The lowest BCUT2D eigenvalue weighted by atomic mass is 9.93. The normalized spacial score (nSPS) is 19.6. The van der Waals surface area contributed by atoms with Crippen molar-refractivity contribution < 1.29 is 9.84 Å². The van der Waals surface area contributed by atoms with Gasteiger partial charge in [-0.15, -0.1) is 0 Å². The second-order valence-corrected chi connectivity index (χ2v) is 5.96. The second kappa shape index (κ2) is 7.09. The number of aryl methyl sites for hydroxylation is 1. The van der Waals surface area contributed by atoms with Gasteiger partial charge in [0.15, 0.2) is 0 Å². The van der Waals surface area contributed by atoms with Crippen molar-refractivity contribution in [2.75, 3.05) is 7.11 Å². The summed E-state index contributed by atoms with van der Waals surface area (Å²) in [5, 5.41) is 14.1. The van der Waals surface area contributed by atoms with Crippen molar-refractivity contribution in [2.24, 2.45) is 0 Å². The number of hydrogen-bond acceptors (Lipinski definition) is 3. The lowest BCUT2D eigenvalue weighted by Gasteiger charge is -2.29. The Kier molecular flexibility index (Phi) is 5.44. The molecule has 112 valence electrons. The summed E-state index contributed by atoms with van der Waals surface area (Å²) in [5.41, 5.74) is 2.02. The van der Waals surface area contributed by atoms with Gasteiger partial charge in [-0.1, -0.05) is 25.3 Å². The van der Waals surface area contributed by atoms with Crippen molar-refractivity contribution in [3.63, 3.8) is 0 Å². The highest BCUT2D eigenvalue weighted by atomic mass is 16.5. The fourth-order valence-electron chi connectivity index (χ4n) is 3.11. The molecular formula is C17H27NO2. The highest BCUT2D eigenvalue weighted by Gasteiger charge is 2.21. The summed E-state index contributed by atoms with van der Waals surface area (Å²) in [6, 6.07) is 6.54. The monoisotopic (exact) mass is 277 g/mol. The van der Waals surface area contributed by atoms with Crippen LogP contribution in [0.2, 0.25) is 0 Å². The molecular weight excluding hydrogens is 250 g/mol. The maximum absolute atomic E-state index is 10.5. The van der Waals surface area contributed by atoms with Crippen LogP contribution >= 0.6 is 0 Å². The van der Waals surface area contributed by atoms with Gasteiger partial charge >= 0.3 is 0 Å². The zero-order valence-electron chi connectivity index (χ0n) is 12.9. The topological polar surface area (TPSA) is 41.5 Å². The lowest BCUT2D eigenvalue weighted by molar-refractivity contribution is 0.125. The average molecular weight is 277 g/mol. The van der Waals surface area contributed by atoms with E-state index in [-0.39, 0.29) is 6.04 Å². The Bertz CT molecular complexity index is 427. The van der Waals surface area contributed by atoms with Gasteiger partial charge in [-0.3, -0.25) is 0 Å². The Morgan fingerprint density at radius 1 is 1.25 bits per heavy atom. The molecule has 0 aliphatic heterocycles. The molecule has 1 fully saturated rings. The van der Waals surface area contributed by atoms with E-state index in [0.29, 0.717) is 6.04 Å². The quantitative estimate of drug-likeness (QED) is 0.867. The molecule has 0 aromatic heterocycles. The Labute approximate surface area is 122 Å². The Hall–Kier alpha value is -1.06. The van der Waals surface area contributed by atoms with E-state index in [9.17, 15) is 5.11 Å². The van der Waals surface area contributed by atoms with Crippen LogP contribution in [0.4, 0.5) is 0 Å². The van der Waals surface area contributed by atoms with E-state index >= 15 is 0 Å². The number of ether oxygens (including phenoxy) is 1. The number of hydrogen-bond donors (Lipinski definition) is 2. The van der Waals surface area contributed by atoms with Crippen LogP contribution in [-0.2, 0) is 0 Å². The second-order valence-electron chi connectivity index (χ2n) is 5.96. The molecule has 1 aromatic carbocycles. The molecule has 2 atom stereocenters. The fourth-order valence-corrected chi connectivity index (χ4v) is 3.11. The molecule has 20 heavy (non-hydrogen) atoms. The molecule has 0 bridgehead atoms. The third-order valence-corrected chi connectivity index (χ3v) is 4.34. The number of rotatable bonds is 5. The maximum Gasteiger partial charge on any atom is 0.121 e. The highest BCUT2D eigenvalue weighted by Crippen LogP contribution is 2.25. The van der Waals surface area contributed by atoms with Crippen LogP contribution in [0.5, 0.6) is 5.75 Å². The summed E-state index contributed by atoms with van der Waals surface area (Å²) in [5.74, 6) is 0.869. The van der Waals surface area contributed by atoms with Crippen LogP contribution in [0.25, 0.3) is 0 Å². The molecule has 1 aliphatic carbocycles. The fraction of sp³-hybridized carbons (Fsp3) is 0.647. The van der Waals surface area contributed by atoms with Gasteiger partial charge in [-0.05, 0) is 49.9 Å². The summed E-state index contributed by atoms with van der Waals surface area (Å²) < 4.78 is 5.26. The van der Waals surface area contributed by atoms with E-state index in [0.717, 1.165) is 16.9 Å². The first-order valence-corrected chi connectivity index (χ1v) is 7.70. The number of aliphatic hydroxyl groups is 1. The predicted molar refractivity (Wildman–Crippen MR) is 82.2 cm³/mol. The van der Waals surface area contributed by atoms with E-state index in [2.05, 4.69) is 12.2 Å². The molecule has 0 amide bonds. The van der Waals surface area contributed by atoms with Crippen molar-refractivity contribution in [1.82, 2.24) is 5.32 Å². The first-order chi connectivity index (χ1) is 9.61. The Balaban J connectivity index is 1.98. The molecule has 2 rings (SSSR count). The van der Waals surface area contributed by atoms with Gasteiger partial charge in [0.05, 0.1) is 13.2 Å². The molecule has 0 saturated heterocycles.